The topological polar surface area (TPSA) is 97.0 Å². The normalized spacial score (nSPS) is 10.7. The lowest BCUT2D eigenvalue weighted by atomic mass is 10.1. The molecule has 0 unspecified atom stereocenters. The zero-order valence-electron chi connectivity index (χ0n) is 10.9. The van der Waals surface area contributed by atoms with E-state index in [9.17, 15) is 4.79 Å². The molecule has 0 radical (unpaired) electrons. The van der Waals surface area contributed by atoms with Gasteiger partial charge in [0.25, 0.3) is 5.91 Å². The van der Waals surface area contributed by atoms with E-state index in [0.29, 0.717) is 34.3 Å². The molecule has 0 fully saturated rings. The molecule has 0 saturated heterocycles. The fourth-order valence-electron chi connectivity index (χ4n) is 1.90. The summed E-state index contributed by atoms with van der Waals surface area (Å²) in [6, 6.07) is 5.12. The summed E-state index contributed by atoms with van der Waals surface area (Å²) in [5, 5.41) is 13.3. The Morgan fingerprint density at radius 2 is 2.25 bits per heavy atom. The first-order valence-electron chi connectivity index (χ1n) is 5.98. The first kappa shape index (κ1) is 12.2. The van der Waals surface area contributed by atoms with Gasteiger partial charge in [-0.2, -0.15) is 5.10 Å². The van der Waals surface area contributed by atoms with Gasteiger partial charge in [-0.1, -0.05) is 5.16 Å². The quantitative estimate of drug-likeness (QED) is 0.763. The maximum absolute atomic E-state index is 12.3. The summed E-state index contributed by atoms with van der Waals surface area (Å²) in [5.74, 6) is 1.18. The van der Waals surface area contributed by atoms with Gasteiger partial charge in [-0.25, -0.2) is 0 Å². The van der Waals surface area contributed by atoms with Crippen LogP contribution in [0.5, 0.6) is 0 Å². The molecule has 3 rings (SSSR count). The lowest BCUT2D eigenvalue weighted by molar-refractivity contribution is 0.102. The number of nitrogens with zero attached hydrogens (tertiary/aromatic N) is 2. The number of aromatic amines is 1. The van der Waals surface area contributed by atoms with Crippen LogP contribution in [0, 0.1) is 13.8 Å². The van der Waals surface area contributed by atoms with Crippen LogP contribution >= 0.6 is 0 Å². The van der Waals surface area contributed by atoms with Crippen molar-refractivity contribution in [3.05, 3.63) is 41.5 Å². The minimum atomic E-state index is -0.323. The summed E-state index contributed by atoms with van der Waals surface area (Å²) in [6.07, 6.45) is 1.53. The Morgan fingerprint density at radius 1 is 1.40 bits per heavy atom. The van der Waals surface area contributed by atoms with E-state index < -0.39 is 0 Å². The van der Waals surface area contributed by atoms with Crippen LogP contribution in [0.15, 0.2) is 33.4 Å². The average molecular weight is 272 g/mol. The molecule has 0 aromatic carbocycles. The first-order valence-corrected chi connectivity index (χ1v) is 5.98. The summed E-state index contributed by atoms with van der Waals surface area (Å²) < 4.78 is 10.2. The highest BCUT2D eigenvalue weighted by atomic mass is 16.5. The third-order valence-electron chi connectivity index (χ3n) is 2.80. The average Bonchev–Trinajstić information content (AvgIpc) is 3.10. The zero-order valence-corrected chi connectivity index (χ0v) is 10.9. The molecular formula is C13H12N4O3. The molecule has 0 atom stereocenters. The summed E-state index contributed by atoms with van der Waals surface area (Å²) in [7, 11) is 0. The predicted octanol–water partition coefficient (Wildman–Crippen LogP) is 2.53. The number of anilines is 1. The van der Waals surface area contributed by atoms with Crippen LogP contribution < -0.4 is 5.32 Å². The van der Waals surface area contributed by atoms with Crippen molar-refractivity contribution in [2.75, 3.05) is 5.32 Å². The first-order chi connectivity index (χ1) is 9.65. The Balaban J connectivity index is 1.93. The van der Waals surface area contributed by atoms with Gasteiger partial charge in [-0.15, -0.1) is 0 Å². The molecule has 0 aliphatic carbocycles. The van der Waals surface area contributed by atoms with E-state index in [4.69, 9.17) is 8.94 Å². The second-order valence-electron chi connectivity index (χ2n) is 4.33. The monoisotopic (exact) mass is 272 g/mol. The van der Waals surface area contributed by atoms with Crippen LogP contribution in [0.25, 0.3) is 11.5 Å². The molecule has 0 bridgehead atoms. The fourth-order valence-corrected chi connectivity index (χ4v) is 1.90. The Hall–Kier alpha value is -2.83. The highest BCUT2D eigenvalue weighted by molar-refractivity contribution is 6.08. The number of aromatic nitrogens is 3. The number of carbonyl (C=O) groups is 1. The number of nitrogens with one attached hydrogen (secondary N) is 2. The van der Waals surface area contributed by atoms with Crippen molar-refractivity contribution in [3.63, 3.8) is 0 Å². The number of amides is 1. The van der Waals surface area contributed by atoms with E-state index >= 15 is 0 Å². The van der Waals surface area contributed by atoms with Gasteiger partial charge >= 0.3 is 0 Å². The van der Waals surface area contributed by atoms with Crippen molar-refractivity contribution < 1.29 is 13.7 Å². The largest absolute Gasteiger partial charge is 0.463 e. The van der Waals surface area contributed by atoms with Crippen LogP contribution in [-0.2, 0) is 0 Å². The van der Waals surface area contributed by atoms with Crippen molar-refractivity contribution in [1.29, 1.82) is 0 Å². The number of carbonyl (C=O) groups excluding carboxylic acids is 1. The summed E-state index contributed by atoms with van der Waals surface area (Å²) in [6.45, 7) is 3.52. The molecule has 7 nitrogen and oxygen atoms in total. The number of rotatable bonds is 3. The molecule has 0 saturated carbocycles. The number of H-pyrrole nitrogens is 1. The van der Waals surface area contributed by atoms with Crippen molar-refractivity contribution in [1.82, 2.24) is 15.4 Å². The molecule has 3 aromatic heterocycles. The van der Waals surface area contributed by atoms with Crippen LogP contribution in [0.3, 0.4) is 0 Å². The fraction of sp³-hybridized carbons (Fsp3) is 0.154. The molecule has 0 spiro atoms. The van der Waals surface area contributed by atoms with Crippen molar-refractivity contribution in [2.24, 2.45) is 0 Å². The lowest BCUT2D eigenvalue weighted by Crippen LogP contribution is -2.13. The van der Waals surface area contributed by atoms with E-state index in [2.05, 4.69) is 20.7 Å². The Morgan fingerprint density at radius 3 is 2.90 bits per heavy atom. The number of aryl methyl sites for hydroxylation is 2. The van der Waals surface area contributed by atoms with Gasteiger partial charge in [0.05, 0.1) is 11.8 Å². The molecule has 3 heterocycles. The van der Waals surface area contributed by atoms with Gasteiger partial charge in [0.2, 0.25) is 0 Å². The zero-order chi connectivity index (χ0) is 14.1. The maximum Gasteiger partial charge on any atom is 0.261 e. The third-order valence-corrected chi connectivity index (χ3v) is 2.80. The van der Waals surface area contributed by atoms with Crippen LogP contribution in [0.1, 0.15) is 21.8 Å². The van der Waals surface area contributed by atoms with Gasteiger partial charge in [-0.3, -0.25) is 9.89 Å². The van der Waals surface area contributed by atoms with Crippen LogP contribution in [0.2, 0.25) is 0 Å². The third kappa shape index (κ3) is 2.09. The smallest absolute Gasteiger partial charge is 0.261 e. The maximum atomic E-state index is 12.3. The SMILES string of the molecule is Cc1cc(NC(=O)c2c(-c3ccco3)n[nH]c2C)no1. The molecule has 0 aliphatic rings. The van der Waals surface area contributed by atoms with Crippen molar-refractivity contribution >= 4 is 11.7 Å². The minimum Gasteiger partial charge on any atom is -0.463 e. The minimum absolute atomic E-state index is 0.323. The summed E-state index contributed by atoms with van der Waals surface area (Å²) >= 11 is 0. The molecule has 7 heteroatoms. The van der Waals surface area contributed by atoms with Crippen molar-refractivity contribution in [3.8, 4) is 11.5 Å². The molecular weight excluding hydrogens is 260 g/mol. The molecule has 102 valence electrons. The van der Waals surface area contributed by atoms with E-state index in [-0.39, 0.29) is 5.91 Å². The summed E-state index contributed by atoms with van der Waals surface area (Å²) in [4.78, 5) is 12.3. The summed E-state index contributed by atoms with van der Waals surface area (Å²) in [5.41, 5.74) is 1.53. The molecule has 3 aromatic rings. The lowest BCUT2D eigenvalue weighted by Gasteiger charge is -2.01. The van der Waals surface area contributed by atoms with Gasteiger partial charge in [0, 0.05) is 11.8 Å². The Labute approximate surface area is 114 Å². The predicted molar refractivity (Wildman–Crippen MR) is 70.2 cm³/mol. The Kier molecular flexibility index (Phi) is 2.86. The van der Waals surface area contributed by atoms with Crippen LogP contribution in [-0.4, -0.2) is 21.3 Å². The number of furan rings is 1. The number of hydrogen-bond donors (Lipinski definition) is 2. The van der Waals surface area contributed by atoms with Gasteiger partial charge in [-0.05, 0) is 26.0 Å². The molecule has 1 amide bonds. The van der Waals surface area contributed by atoms with E-state index in [1.807, 2.05) is 0 Å². The van der Waals surface area contributed by atoms with Gasteiger partial charge in [0.1, 0.15) is 11.5 Å². The molecule has 2 N–H and O–H groups in total. The molecule has 20 heavy (non-hydrogen) atoms. The van der Waals surface area contributed by atoms with Crippen LogP contribution in [0.4, 0.5) is 5.82 Å². The second kappa shape index (κ2) is 4.69. The van der Waals surface area contributed by atoms with E-state index in [0.717, 1.165) is 0 Å². The standard InChI is InChI=1S/C13H12N4O3/c1-7-6-10(17-20-7)14-13(18)11-8(2)15-16-12(11)9-4-3-5-19-9/h3-6H,1-2H3,(H,15,16)(H,14,17,18). The van der Waals surface area contributed by atoms with Gasteiger partial charge < -0.3 is 14.3 Å². The van der Waals surface area contributed by atoms with Crippen molar-refractivity contribution in [2.45, 2.75) is 13.8 Å². The second-order valence-corrected chi connectivity index (χ2v) is 4.33. The van der Waals surface area contributed by atoms with E-state index in [1.165, 1.54) is 6.26 Å². The Bertz CT molecular complexity index is 740. The number of hydrogen-bond acceptors (Lipinski definition) is 5. The van der Waals surface area contributed by atoms with E-state index in [1.54, 1.807) is 32.0 Å². The highest BCUT2D eigenvalue weighted by Crippen LogP contribution is 2.24. The highest BCUT2D eigenvalue weighted by Gasteiger charge is 2.21. The molecule has 0 aliphatic heterocycles. The van der Waals surface area contributed by atoms with Gasteiger partial charge in [0.15, 0.2) is 11.6 Å².